The molecule has 0 radical (unpaired) electrons. The minimum Gasteiger partial charge on any atom is -0.457 e. The average Bonchev–Trinajstić information content (AvgIpc) is 2.81. The zero-order valence-electron chi connectivity index (χ0n) is 17.2. The van der Waals surface area contributed by atoms with E-state index < -0.39 is 17.3 Å². The molecule has 1 amide bonds. The van der Waals surface area contributed by atoms with Gasteiger partial charge in [0.1, 0.15) is 23.0 Å². The molecule has 1 heterocycles. The highest BCUT2D eigenvalue weighted by Gasteiger charge is 2.15. The van der Waals surface area contributed by atoms with E-state index in [9.17, 15) is 14.0 Å². The molecule has 4 rings (SSSR count). The van der Waals surface area contributed by atoms with Gasteiger partial charge in [-0.15, -0.1) is 0 Å². The summed E-state index contributed by atoms with van der Waals surface area (Å²) in [6.07, 6.45) is 0. The molecule has 0 saturated heterocycles. The molecule has 3 aromatic carbocycles. The molecule has 4 aromatic rings. The fourth-order valence-electron chi connectivity index (χ4n) is 3.10. The van der Waals surface area contributed by atoms with Crippen LogP contribution in [-0.4, -0.2) is 15.7 Å². The molecule has 0 spiro atoms. The number of carbonyl (C=O) groups is 1. The van der Waals surface area contributed by atoms with Gasteiger partial charge in [0.25, 0.3) is 11.5 Å². The number of para-hydroxylation sites is 1. The molecule has 1 aromatic heterocycles. The Bertz CT molecular complexity index is 1270. The number of amides is 1. The quantitative estimate of drug-likeness (QED) is 0.484. The number of aromatic nitrogens is 2. The lowest BCUT2D eigenvalue weighted by Crippen LogP contribution is -2.30. The van der Waals surface area contributed by atoms with E-state index in [4.69, 9.17) is 4.74 Å². The first kappa shape index (κ1) is 21.0. The summed E-state index contributed by atoms with van der Waals surface area (Å²) >= 11 is 0. The summed E-state index contributed by atoms with van der Waals surface area (Å²) in [5.74, 6) is 0.568. The summed E-state index contributed by atoms with van der Waals surface area (Å²) in [4.78, 5) is 24.9. The predicted molar refractivity (Wildman–Crippen MR) is 119 cm³/mol. The summed E-state index contributed by atoms with van der Waals surface area (Å²) in [7, 11) is 0. The minimum atomic E-state index is -0.432. The van der Waals surface area contributed by atoms with Crippen LogP contribution in [0.15, 0.2) is 95.8 Å². The lowest BCUT2D eigenvalue weighted by atomic mass is 10.1. The van der Waals surface area contributed by atoms with Gasteiger partial charge < -0.3 is 10.1 Å². The van der Waals surface area contributed by atoms with Gasteiger partial charge in [-0.2, -0.15) is 9.78 Å². The molecule has 1 atom stereocenters. The Morgan fingerprint density at radius 2 is 1.56 bits per heavy atom. The topological polar surface area (TPSA) is 73.2 Å². The van der Waals surface area contributed by atoms with Crippen LogP contribution in [0.4, 0.5) is 4.39 Å². The van der Waals surface area contributed by atoms with Crippen LogP contribution >= 0.6 is 0 Å². The molecule has 0 bridgehead atoms. The second-order valence-electron chi connectivity index (χ2n) is 7.12. The van der Waals surface area contributed by atoms with Crippen LogP contribution < -0.4 is 15.6 Å². The highest BCUT2D eigenvalue weighted by atomic mass is 19.1. The number of halogens is 1. The highest BCUT2D eigenvalue weighted by molar-refractivity contribution is 5.92. The molecule has 160 valence electrons. The Labute approximate surface area is 183 Å². The van der Waals surface area contributed by atoms with Gasteiger partial charge in [-0.25, -0.2) is 4.39 Å². The van der Waals surface area contributed by atoms with Crippen molar-refractivity contribution in [2.75, 3.05) is 0 Å². The Morgan fingerprint density at radius 3 is 2.25 bits per heavy atom. The first-order chi connectivity index (χ1) is 15.5. The SMILES string of the molecule is CC(NC(=O)c1ccc(=O)n(-c2ccc(F)cc2)n1)c1ccc(Oc2ccccc2)cc1. The van der Waals surface area contributed by atoms with Gasteiger partial charge in [-0.1, -0.05) is 30.3 Å². The van der Waals surface area contributed by atoms with Crippen molar-refractivity contribution in [3.8, 4) is 17.2 Å². The summed E-state index contributed by atoms with van der Waals surface area (Å²) < 4.78 is 20.0. The second-order valence-corrected chi connectivity index (χ2v) is 7.12. The van der Waals surface area contributed by atoms with Crippen molar-refractivity contribution in [2.45, 2.75) is 13.0 Å². The normalized spacial score (nSPS) is 11.6. The smallest absolute Gasteiger partial charge is 0.272 e. The van der Waals surface area contributed by atoms with Crippen molar-refractivity contribution in [1.82, 2.24) is 15.1 Å². The molecule has 6 nitrogen and oxygen atoms in total. The molecule has 0 aliphatic rings. The number of hydrogen-bond donors (Lipinski definition) is 1. The number of nitrogens with zero attached hydrogens (tertiary/aromatic N) is 2. The fourth-order valence-corrected chi connectivity index (χ4v) is 3.10. The standard InChI is InChI=1S/C25H20FN3O3/c1-17(18-7-13-22(14-8-18)32-21-5-3-2-4-6-21)27-25(31)23-15-16-24(30)29(28-23)20-11-9-19(26)10-12-20/h2-17H,1H3,(H,27,31). The molecule has 1 unspecified atom stereocenters. The maximum atomic E-state index is 13.2. The number of ether oxygens (including phenoxy) is 1. The summed E-state index contributed by atoms with van der Waals surface area (Å²) in [6, 6.07) is 24.5. The minimum absolute atomic E-state index is 0.0739. The number of benzene rings is 3. The number of hydrogen-bond acceptors (Lipinski definition) is 4. The van der Waals surface area contributed by atoms with Crippen molar-refractivity contribution in [3.63, 3.8) is 0 Å². The third-order valence-electron chi connectivity index (χ3n) is 4.81. The molecular formula is C25H20FN3O3. The molecule has 1 N–H and O–H groups in total. The highest BCUT2D eigenvalue weighted by Crippen LogP contribution is 2.23. The van der Waals surface area contributed by atoms with E-state index in [0.29, 0.717) is 11.4 Å². The monoisotopic (exact) mass is 429 g/mol. The molecular weight excluding hydrogens is 409 g/mol. The first-order valence-corrected chi connectivity index (χ1v) is 10.00. The lowest BCUT2D eigenvalue weighted by molar-refractivity contribution is 0.0933. The molecule has 32 heavy (non-hydrogen) atoms. The largest absolute Gasteiger partial charge is 0.457 e. The van der Waals surface area contributed by atoms with Crippen molar-refractivity contribution in [2.24, 2.45) is 0 Å². The Morgan fingerprint density at radius 1 is 0.906 bits per heavy atom. The van der Waals surface area contributed by atoms with Gasteiger partial charge in [-0.3, -0.25) is 9.59 Å². The maximum Gasteiger partial charge on any atom is 0.272 e. The Hall–Kier alpha value is -4.26. The number of carbonyl (C=O) groups excluding carboxylic acids is 1. The summed E-state index contributed by atoms with van der Waals surface area (Å²) in [5.41, 5.74) is 0.902. The van der Waals surface area contributed by atoms with E-state index in [-0.39, 0.29) is 11.7 Å². The van der Waals surface area contributed by atoms with Gasteiger partial charge in [0.2, 0.25) is 0 Å². The van der Waals surface area contributed by atoms with E-state index in [2.05, 4.69) is 10.4 Å². The average molecular weight is 429 g/mol. The summed E-state index contributed by atoms with van der Waals surface area (Å²) in [5, 5.41) is 7.00. The van der Waals surface area contributed by atoms with Crippen LogP contribution in [0.3, 0.4) is 0 Å². The zero-order valence-corrected chi connectivity index (χ0v) is 17.2. The molecule has 7 heteroatoms. The van der Waals surface area contributed by atoms with Gasteiger partial charge in [0.05, 0.1) is 11.7 Å². The fraction of sp³-hybridized carbons (Fsp3) is 0.0800. The molecule has 0 fully saturated rings. The van der Waals surface area contributed by atoms with Crippen LogP contribution in [0.5, 0.6) is 11.5 Å². The molecule has 0 aliphatic heterocycles. The number of nitrogens with one attached hydrogen (secondary N) is 1. The van der Waals surface area contributed by atoms with Crippen LogP contribution in [-0.2, 0) is 0 Å². The molecule has 0 aliphatic carbocycles. The lowest BCUT2D eigenvalue weighted by Gasteiger charge is -2.15. The predicted octanol–water partition coefficient (Wildman–Crippen LogP) is 4.65. The van der Waals surface area contributed by atoms with E-state index in [1.54, 1.807) is 0 Å². The third-order valence-corrected chi connectivity index (χ3v) is 4.81. The van der Waals surface area contributed by atoms with Crippen LogP contribution in [0.25, 0.3) is 5.69 Å². The number of rotatable bonds is 6. The van der Waals surface area contributed by atoms with Crippen molar-refractivity contribution >= 4 is 5.91 Å². The zero-order chi connectivity index (χ0) is 22.5. The van der Waals surface area contributed by atoms with E-state index >= 15 is 0 Å². The van der Waals surface area contributed by atoms with Gasteiger partial charge in [0.15, 0.2) is 0 Å². The third kappa shape index (κ3) is 4.89. The van der Waals surface area contributed by atoms with Crippen LogP contribution in [0.1, 0.15) is 29.0 Å². The van der Waals surface area contributed by atoms with E-state index in [0.717, 1.165) is 16.0 Å². The second kappa shape index (κ2) is 9.26. The maximum absolute atomic E-state index is 13.2. The Kier molecular flexibility index (Phi) is 6.07. The van der Waals surface area contributed by atoms with Crippen molar-refractivity contribution < 1.29 is 13.9 Å². The van der Waals surface area contributed by atoms with E-state index in [1.807, 2.05) is 61.5 Å². The van der Waals surface area contributed by atoms with Gasteiger partial charge in [-0.05, 0) is 67.1 Å². The van der Waals surface area contributed by atoms with Gasteiger partial charge >= 0.3 is 0 Å². The van der Waals surface area contributed by atoms with Crippen LogP contribution in [0.2, 0.25) is 0 Å². The first-order valence-electron chi connectivity index (χ1n) is 10.00. The van der Waals surface area contributed by atoms with E-state index in [1.165, 1.54) is 36.4 Å². The van der Waals surface area contributed by atoms with Gasteiger partial charge in [0, 0.05) is 6.07 Å². The Balaban J connectivity index is 1.46. The van der Waals surface area contributed by atoms with Crippen molar-refractivity contribution in [3.05, 3.63) is 118 Å². The van der Waals surface area contributed by atoms with Crippen molar-refractivity contribution in [1.29, 1.82) is 0 Å². The molecule has 0 saturated carbocycles. The summed E-state index contributed by atoms with van der Waals surface area (Å²) in [6.45, 7) is 1.85. The van der Waals surface area contributed by atoms with Crippen LogP contribution in [0, 0.1) is 5.82 Å².